The molecule has 1 unspecified atom stereocenters. The van der Waals surface area contributed by atoms with Crippen molar-refractivity contribution in [1.29, 1.82) is 0 Å². The molecule has 2 aliphatic heterocycles. The van der Waals surface area contributed by atoms with Crippen molar-refractivity contribution in [3.8, 4) is 0 Å². The summed E-state index contributed by atoms with van der Waals surface area (Å²) in [6.45, 7) is 0.481. The predicted molar refractivity (Wildman–Crippen MR) is 104 cm³/mol. The molecule has 1 saturated heterocycles. The number of rotatable bonds is 6. The summed E-state index contributed by atoms with van der Waals surface area (Å²) in [6, 6.07) is 5.37. The van der Waals surface area contributed by atoms with Gasteiger partial charge in [0, 0.05) is 25.6 Å². The Bertz CT molecular complexity index is 704. The summed E-state index contributed by atoms with van der Waals surface area (Å²) < 4.78 is 1.17. The summed E-state index contributed by atoms with van der Waals surface area (Å²) >= 11 is 2.39. The zero-order valence-electron chi connectivity index (χ0n) is 14.5. The molecule has 0 N–H and O–H groups in total. The highest BCUT2D eigenvalue weighted by molar-refractivity contribution is 14.1. The first-order valence-electron chi connectivity index (χ1n) is 8.82. The van der Waals surface area contributed by atoms with E-state index < -0.39 is 6.04 Å². The summed E-state index contributed by atoms with van der Waals surface area (Å²) in [4.78, 5) is 39.8. The van der Waals surface area contributed by atoms with Crippen molar-refractivity contribution < 1.29 is 14.4 Å². The van der Waals surface area contributed by atoms with Crippen molar-refractivity contribution in [1.82, 2.24) is 9.80 Å². The minimum atomic E-state index is -0.519. The third-order valence-corrected chi connectivity index (χ3v) is 5.93. The van der Waals surface area contributed by atoms with E-state index in [2.05, 4.69) is 28.7 Å². The first-order valence-corrected chi connectivity index (χ1v) is 10.3. The van der Waals surface area contributed by atoms with Crippen LogP contribution in [0.15, 0.2) is 18.2 Å². The number of likely N-dealkylation sites (N-methyl/N-ethyl adjacent to an activating group) is 1. The number of carbonyl (C=O) groups is 3. The molecule has 2 heterocycles. The molecule has 0 radical (unpaired) electrons. The standard InChI is InChI=1S/C19H23IN2O3/c1-21-17(23)10-9-16(19(21)25)22-12-15-13(6-3-2-4-11-20)7-5-8-14(15)18(22)24/h5,7-8,16H,2-4,6,9-12H2,1H3. The van der Waals surface area contributed by atoms with E-state index in [1.54, 1.807) is 4.90 Å². The van der Waals surface area contributed by atoms with Crippen LogP contribution in [-0.2, 0) is 22.6 Å². The molecule has 134 valence electrons. The Labute approximate surface area is 161 Å². The number of unbranched alkanes of at least 4 members (excludes halogenated alkanes) is 2. The van der Waals surface area contributed by atoms with Gasteiger partial charge in [-0.05, 0) is 47.3 Å². The summed E-state index contributed by atoms with van der Waals surface area (Å²) in [5.74, 6) is -0.507. The Morgan fingerprint density at radius 2 is 1.96 bits per heavy atom. The number of amides is 3. The molecule has 3 rings (SSSR count). The van der Waals surface area contributed by atoms with Gasteiger partial charge in [0.2, 0.25) is 5.91 Å². The first-order chi connectivity index (χ1) is 12.0. The Morgan fingerprint density at radius 1 is 1.16 bits per heavy atom. The van der Waals surface area contributed by atoms with Crippen LogP contribution in [0.3, 0.4) is 0 Å². The molecular weight excluding hydrogens is 431 g/mol. The van der Waals surface area contributed by atoms with Crippen LogP contribution in [0, 0.1) is 0 Å². The molecule has 1 aromatic rings. The van der Waals surface area contributed by atoms with Crippen LogP contribution in [-0.4, -0.2) is 45.0 Å². The highest BCUT2D eigenvalue weighted by Gasteiger charge is 2.41. The monoisotopic (exact) mass is 454 g/mol. The Balaban J connectivity index is 1.77. The van der Waals surface area contributed by atoms with Crippen LogP contribution < -0.4 is 0 Å². The molecule has 25 heavy (non-hydrogen) atoms. The maximum absolute atomic E-state index is 12.8. The zero-order valence-corrected chi connectivity index (χ0v) is 16.6. The summed E-state index contributed by atoms with van der Waals surface area (Å²) in [5, 5.41) is 0. The second kappa shape index (κ2) is 7.85. The van der Waals surface area contributed by atoms with E-state index in [1.165, 1.54) is 29.9 Å². The molecule has 0 spiro atoms. The van der Waals surface area contributed by atoms with E-state index in [4.69, 9.17) is 0 Å². The van der Waals surface area contributed by atoms with Gasteiger partial charge < -0.3 is 4.90 Å². The van der Waals surface area contributed by atoms with Gasteiger partial charge in [-0.15, -0.1) is 0 Å². The molecule has 6 heteroatoms. The van der Waals surface area contributed by atoms with Gasteiger partial charge in [-0.3, -0.25) is 19.3 Å². The summed E-state index contributed by atoms with van der Waals surface area (Å²) in [5.41, 5.74) is 3.00. The molecule has 1 aromatic carbocycles. The van der Waals surface area contributed by atoms with Crippen LogP contribution in [0.1, 0.15) is 53.6 Å². The van der Waals surface area contributed by atoms with Crippen LogP contribution in [0.5, 0.6) is 0 Å². The van der Waals surface area contributed by atoms with Gasteiger partial charge in [0.05, 0.1) is 0 Å². The second-order valence-corrected chi connectivity index (χ2v) is 7.80. The van der Waals surface area contributed by atoms with Crippen LogP contribution >= 0.6 is 22.6 Å². The number of nitrogens with zero attached hydrogens (tertiary/aromatic N) is 2. The van der Waals surface area contributed by atoms with Gasteiger partial charge in [-0.2, -0.15) is 0 Å². The maximum Gasteiger partial charge on any atom is 0.255 e. The van der Waals surface area contributed by atoms with Crippen molar-refractivity contribution in [2.75, 3.05) is 11.5 Å². The SMILES string of the molecule is CN1C(=O)CCC(N2Cc3c(CCCCCI)cccc3C2=O)C1=O. The third kappa shape index (κ3) is 3.59. The molecule has 1 fully saturated rings. The lowest BCUT2D eigenvalue weighted by Crippen LogP contribution is -2.53. The second-order valence-electron chi connectivity index (χ2n) is 6.72. The fraction of sp³-hybridized carbons (Fsp3) is 0.526. The molecule has 3 amide bonds. The quantitative estimate of drug-likeness (QED) is 0.288. The zero-order chi connectivity index (χ0) is 18.0. The van der Waals surface area contributed by atoms with Crippen molar-refractivity contribution in [2.45, 2.75) is 51.1 Å². The average Bonchev–Trinajstić information content (AvgIpc) is 2.94. The number of halogens is 1. The number of alkyl halides is 1. The van der Waals surface area contributed by atoms with E-state index >= 15 is 0 Å². The molecule has 2 aliphatic rings. The van der Waals surface area contributed by atoms with Gasteiger partial charge >= 0.3 is 0 Å². The van der Waals surface area contributed by atoms with Gasteiger partial charge in [0.1, 0.15) is 6.04 Å². The minimum absolute atomic E-state index is 0.0785. The third-order valence-electron chi connectivity index (χ3n) is 5.17. The molecule has 0 aliphatic carbocycles. The molecule has 1 atom stereocenters. The fourth-order valence-corrected chi connectivity index (χ4v) is 4.22. The Kier molecular flexibility index (Phi) is 5.76. The highest BCUT2D eigenvalue weighted by Crippen LogP contribution is 2.31. The van der Waals surface area contributed by atoms with Crippen molar-refractivity contribution >= 4 is 40.3 Å². The number of aryl methyl sites for hydroxylation is 1. The summed E-state index contributed by atoms with van der Waals surface area (Å²) in [6.07, 6.45) is 5.24. The van der Waals surface area contributed by atoms with Crippen molar-refractivity contribution in [2.24, 2.45) is 0 Å². The van der Waals surface area contributed by atoms with E-state index in [1.807, 2.05) is 12.1 Å². The maximum atomic E-state index is 12.8. The number of hydrogen-bond acceptors (Lipinski definition) is 3. The van der Waals surface area contributed by atoms with E-state index in [9.17, 15) is 14.4 Å². The van der Waals surface area contributed by atoms with Gasteiger partial charge in [0.15, 0.2) is 0 Å². The summed E-state index contributed by atoms with van der Waals surface area (Å²) in [7, 11) is 1.50. The van der Waals surface area contributed by atoms with Crippen molar-refractivity contribution in [3.05, 3.63) is 34.9 Å². The Morgan fingerprint density at radius 3 is 2.72 bits per heavy atom. The highest BCUT2D eigenvalue weighted by atomic mass is 127. The minimum Gasteiger partial charge on any atom is -0.322 e. The Hall–Kier alpha value is -1.44. The number of benzene rings is 1. The van der Waals surface area contributed by atoms with E-state index in [0.29, 0.717) is 19.4 Å². The lowest BCUT2D eigenvalue weighted by atomic mass is 9.98. The predicted octanol–water partition coefficient (Wildman–Crippen LogP) is 2.94. The molecule has 0 aromatic heterocycles. The molecular formula is C19H23IN2O3. The van der Waals surface area contributed by atoms with Crippen molar-refractivity contribution in [3.63, 3.8) is 0 Å². The first kappa shape index (κ1) is 18.4. The van der Waals surface area contributed by atoms with Crippen LogP contribution in [0.2, 0.25) is 0 Å². The molecule has 5 nitrogen and oxygen atoms in total. The lowest BCUT2D eigenvalue weighted by Gasteiger charge is -2.33. The fourth-order valence-electron chi connectivity index (χ4n) is 3.68. The number of fused-ring (bicyclic) bond motifs is 1. The van der Waals surface area contributed by atoms with Gasteiger partial charge in [-0.25, -0.2) is 0 Å². The normalized spacial score (nSPS) is 20.4. The number of carbonyl (C=O) groups excluding carboxylic acids is 3. The van der Waals surface area contributed by atoms with E-state index in [0.717, 1.165) is 28.9 Å². The van der Waals surface area contributed by atoms with Gasteiger partial charge in [-0.1, -0.05) is 41.1 Å². The van der Waals surface area contributed by atoms with Gasteiger partial charge in [0.25, 0.3) is 11.8 Å². The van der Waals surface area contributed by atoms with Crippen LogP contribution in [0.4, 0.5) is 0 Å². The smallest absolute Gasteiger partial charge is 0.255 e. The topological polar surface area (TPSA) is 57.7 Å². The number of imide groups is 1. The lowest BCUT2D eigenvalue weighted by molar-refractivity contribution is -0.150. The average molecular weight is 454 g/mol. The largest absolute Gasteiger partial charge is 0.322 e. The molecule has 0 bridgehead atoms. The molecule has 0 saturated carbocycles. The number of hydrogen-bond donors (Lipinski definition) is 0. The number of piperidine rings is 1. The van der Waals surface area contributed by atoms with E-state index in [-0.39, 0.29) is 17.7 Å². The number of likely N-dealkylation sites (tertiary alicyclic amines) is 1. The van der Waals surface area contributed by atoms with Crippen LogP contribution in [0.25, 0.3) is 0 Å².